The summed E-state index contributed by atoms with van der Waals surface area (Å²) in [5, 5.41) is 1.81. The lowest BCUT2D eigenvalue weighted by Crippen LogP contribution is -1.79. The molecular formula is C8H6N3. The smallest absolute Gasteiger partial charge is 0.0802 e. The average molecular weight is 144 g/mol. The van der Waals surface area contributed by atoms with Gasteiger partial charge in [0.1, 0.15) is 0 Å². The molecule has 1 N–H and O–H groups in total. The highest BCUT2D eigenvalue weighted by molar-refractivity contribution is 5.89. The van der Waals surface area contributed by atoms with Crippen LogP contribution in [0.1, 0.15) is 0 Å². The van der Waals surface area contributed by atoms with Crippen LogP contribution >= 0.6 is 0 Å². The van der Waals surface area contributed by atoms with Gasteiger partial charge in [-0.2, -0.15) is 0 Å². The molecule has 0 bridgehead atoms. The van der Waals surface area contributed by atoms with Gasteiger partial charge in [-0.25, -0.2) is 0 Å². The van der Waals surface area contributed by atoms with E-state index in [1.54, 1.807) is 18.6 Å². The molecule has 0 saturated carbocycles. The van der Waals surface area contributed by atoms with E-state index in [4.69, 9.17) is 5.73 Å². The quantitative estimate of drug-likeness (QED) is 0.563. The second-order valence-corrected chi connectivity index (χ2v) is 2.28. The summed E-state index contributed by atoms with van der Waals surface area (Å²) in [6.45, 7) is 0. The van der Waals surface area contributed by atoms with Gasteiger partial charge >= 0.3 is 0 Å². The average Bonchev–Trinajstić information content (AvgIpc) is 2.06. The number of rotatable bonds is 0. The van der Waals surface area contributed by atoms with Crippen LogP contribution in [0, 0.1) is 0 Å². The summed E-state index contributed by atoms with van der Waals surface area (Å²) in [7, 11) is 0. The van der Waals surface area contributed by atoms with E-state index in [1.165, 1.54) is 6.20 Å². The Morgan fingerprint density at radius 2 is 1.91 bits per heavy atom. The van der Waals surface area contributed by atoms with E-state index < -0.39 is 0 Å². The van der Waals surface area contributed by atoms with Gasteiger partial charge in [-0.05, 0) is 6.07 Å². The minimum atomic E-state index is 0.449. The molecule has 0 aliphatic carbocycles. The standard InChI is InChI=1S/C8H6N3/c9-8-5-11-4-6-3-10-2-1-7(6)8/h1-5,9H. The summed E-state index contributed by atoms with van der Waals surface area (Å²) in [6, 6.07) is 1.82. The molecule has 0 spiro atoms. The Balaban J connectivity index is 2.91. The minimum absolute atomic E-state index is 0.449. The van der Waals surface area contributed by atoms with Gasteiger partial charge in [-0.1, -0.05) is 0 Å². The summed E-state index contributed by atoms with van der Waals surface area (Å²) in [4.78, 5) is 7.82. The summed E-state index contributed by atoms with van der Waals surface area (Å²) in [5.41, 5.74) is 7.92. The van der Waals surface area contributed by atoms with Crippen molar-refractivity contribution in [2.24, 2.45) is 0 Å². The van der Waals surface area contributed by atoms with Crippen LogP contribution in [0.15, 0.2) is 30.9 Å². The lowest BCUT2D eigenvalue weighted by Gasteiger charge is -1.96. The zero-order valence-electron chi connectivity index (χ0n) is 5.78. The molecule has 0 aliphatic heterocycles. The van der Waals surface area contributed by atoms with E-state index in [9.17, 15) is 0 Å². The van der Waals surface area contributed by atoms with Gasteiger partial charge in [0, 0.05) is 29.4 Å². The maximum atomic E-state index is 7.47. The first kappa shape index (κ1) is 6.09. The second kappa shape index (κ2) is 2.20. The van der Waals surface area contributed by atoms with Crippen molar-refractivity contribution < 1.29 is 0 Å². The Hall–Kier alpha value is -1.64. The number of hydrogen-bond acceptors (Lipinski definition) is 2. The number of fused-ring (bicyclic) bond motifs is 1. The van der Waals surface area contributed by atoms with Gasteiger partial charge in [0.2, 0.25) is 0 Å². The van der Waals surface area contributed by atoms with Crippen molar-refractivity contribution in [3.05, 3.63) is 30.9 Å². The molecule has 1 radical (unpaired) electrons. The fourth-order valence-corrected chi connectivity index (χ4v) is 1.02. The second-order valence-electron chi connectivity index (χ2n) is 2.28. The molecule has 0 fully saturated rings. The summed E-state index contributed by atoms with van der Waals surface area (Å²) in [6.07, 6.45) is 6.63. The van der Waals surface area contributed by atoms with Crippen molar-refractivity contribution >= 4 is 16.5 Å². The van der Waals surface area contributed by atoms with E-state index in [0.29, 0.717) is 5.69 Å². The third kappa shape index (κ3) is 0.902. The lowest BCUT2D eigenvalue weighted by atomic mass is 10.2. The van der Waals surface area contributed by atoms with E-state index >= 15 is 0 Å². The fraction of sp³-hybridized carbons (Fsp3) is 0. The first-order valence-electron chi connectivity index (χ1n) is 3.27. The molecule has 0 amide bonds. The number of nitrogens with zero attached hydrogens (tertiary/aromatic N) is 2. The monoisotopic (exact) mass is 144 g/mol. The molecule has 2 aromatic heterocycles. The molecule has 0 aromatic carbocycles. The van der Waals surface area contributed by atoms with Crippen molar-refractivity contribution in [2.45, 2.75) is 0 Å². The molecular weight excluding hydrogens is 138 g/mol. The maximum Gasteiger partial charge on any atom is 0.0802 e. The van der Waals surface area contributed by atoms with E-state index in [1.807, 2.05) is 6.07 Å². The zero-order valence-corrected chi connectivity index (χ0v) is 5.78. The molecule has 0 unspecified atom stereocenters. The van der Waals surface area contributed by atoms with Crippen LogP contribution in [0.3, 0.4) is 0 Å². The third-order valence-corrected chi connectivity index (χ3v) is 1.56. The van der Waals surface area contributed by atoms with Gasteiger partial charge in [0.25, 0.3) is 0 Å². The maximum absolute atomic E-state index is 7.47. The molecule has 2 heterocycles. The third-order valence-electron chi connectivity index (χ3n) is 1.56. The van der Waals surface area contributed by atoms with Crippen LogP contribution in [0.5, 0.6) is 0 Å². The first-order chi connectivity index (χ1) is 5.38. The van der Waals surface area contributed by atoms with Crippen molar-refractivity contribution in [1.82, 2.24) is 15.7 Å². The van der Waals surface area contributed by atoms with Gasteiger partial charge in [-0.3, -0.25) is 15.7 Å². The highest BCUT2D eigenvalue weighted by Crippen LogP contribution is 2.17. The number of pyridine rings is 2. The molecule has 53 valence electrons. The van der Waals surface area contributed by atoms with Crippen molar-refractivity contribution in [1.29, 1.82) is 0 Å². The van der Waals surface area contributed by atoms with Crippen LogP contribution in [0.4, 0.5) is 5.69 Å². The highest BCUT2D eigenvalue weighted by atomic mass is 14.7. The van der Waals surface area contributed by atoms with Crippen LogP contribution in [0.25, 0.3) is 10.8 Å². The first-order valence-corrected chi connectivity index (χ1v) is 3.27. The van der Waals surface area contributed by atoms with E-state index in [2.05, 4.69) is 9.97 Å². The lowest BCUT2D eigenvalue weighted by molar-refractivity contribution is 1.30. The SMILES string of the molecule is [NH]c1cncc2cnccc12. The zero-order chi connectivity index (χ0) is 7.68. The van der Waals surface area contributed by atoms with Crippen LogP contribution < -0.4 is 5.73 Å². The summed E-state index contributed by atoms with van der Waals surface area (Å²) in [5.74, 6) is 0. The Labute approximate surface area is 63.9 Å². The van der Waals surface area contributed by atoms with Crippen molar-refractivity contribution in [3.63, 3.8) is 0 Å². The van der Waals surface area contributed by atoms with Gasteiger partial charge in [0.15, 0.2) is 0 Å². The normalized spacial score (nSPS) is 10.2. The Morgan fingerprint density at radius 3 is 2.73 bits per heavy atom. The van der Waals surface area contributed by atoms with Crippen LogP contribution in [-0.4, -0.2) is 9.97 Å². The molecule has 2 aromatic rings. The summed E-state index contributed by atoms with van der Waals surface area (Å²) >= 11 is 0. The van der Waals surface area contributed by atoms with Crippen LogP contribution in [0.2, 0.25) is 0 Å². The molecule has 2 rings (SSSR count). The number of aromatic nitrogens is 2. The molecule has 0 saturated heterocycles. The van der Waals surface area contributed by atoms with Crippen molar-refractivity contribution in [3.8, 4) is 0 Å². The minimum Gasteiger partial charge on any atom is -0.299 e. The number of nitrogens with one attached hydrogen (secondary N) is 1. The molecule has 0 aliphatic rings. The Kier molecular flexibility index (Phi) is 1.22. The van der Waals surface area contributed by atoms with Crippen molar-refractivity contribution in [2.75, 3.05) is 0 Å². The largest absolute Gasteiger partial charge is 0.299 e. The molecule has 3 nitrogen and oxygen atoms in total. The predicted molar refractivity (Wildman–Crippen MR) is 42.3 cm³/mol. The summed E-state index contributed by atoms with van der Waals surface area (Å²) < 4.78 is 0. The van der Waals surface area contributed by atoms with Gasteiger partial charge in [-0.15, -0.1) is 0 Å². The molecule has 11 heavy (non-hydrogen) atoms. The highest BCUT2D eigenvalue weighted by Gasteiger charge is 1.95. The van der Waals surface area contributed by atoms with Gasteiger partial charge in [0.05, 0.1) is 11.9 Å². The van der Waals surface area contributed by atoms with Crippen LogP contribution in [-0.2, 0) is 0 Å². The van der Waals surface area contributed by atoms with Gasteiger partial charge < -0.3 is 0 Å². The molecule has 0 atom stereocenters. The predicted octanol–water partition coefficient (Wildman–Crippen LogP) is 1.54. The fourth-order valence-electron chi connectivity index (χ4n) is 1.02. The Morgan fingerprint density at radius 1 is 1.09 bits per heavy atom. The van der Waals surface area contributed by atoms with E-state index in [-0.39, 0.29) is 0 Å². The topological polar surface area (TPSA) is 49.6 Å². The number of hydrogen-bond donors (Lipinski definition) is 0. The Bertz CT molecular complexity index is 378. The van der Waals surface area contributed by atoms with E-state index in [0.717, 1.165) is 10.8 Å². The molecule has 3 heteroatoms.